The molecule has 0 unspecified atom stereocenters. The van der Waals surface area contributed by atoms with E-state index in [1.807, 2.05) is 24.3 Å². The Balaban J connectivity index is 1.69. The van der Waals surface area contributed by atoms with E-state index in [1.165, 1.54) is 18.3 Å². The van der Waals surface area contributed by atoms with E-state index in [2.05, 4.69) is 41.8 Å². The molecule has 1 aromatic heterocycles. The second-order valence-corrected chi connectivity index (χ2v) is 7.74. The quantitative estimate of drug-likeness (QED) is 0.192. The van der Waals surface area contributed by atoms with Crippen molar-refractivity contribution in [2.75, 3.05) is 0 Å². The lowest BCUT2D eigenvalue weighted by Gasteiger charge is -2.02. The van der Waals surface area contributed by atoms with Gasteiger partial charge in [0.05, 0.1) is 20.6 Å². The number of nitro groups is 1. The molecule has 4 aromatic rings. The molecule has 144 valence electrons. The number of fused-ring (bicyclic) bond motifs is 1. The molecule has 0 bridgehead atoms. The first-order valence-corrected chi connectivity index (χ1v) is 9.87. The predicted octanol–water partition coefficient (Wildman–Crippen LogP) is 6.38. The minimum atomic E-state index is -0.535. The van der Waals surface area contributed by atoms with Crippen LogP contribution >= 0.6 is 31.9 Å². The third kappa shape index (κ3) is 3.92. The molecule has 1 heterocycles. The second kappa shape index (κ2) is 7.76. The van der Waals surface area contributed by atoms with Crippen molar-refractivity contribution in [1.29, 1.82) is 0 Å². The van der Waals surface area contributed by atoms with Crippen molar-refractivity contribution >= 4 is 60.5 Å². The van der Waals surface area contributed by atoms with Gasteiger partial charge in [-0.3, -0.25) is 15.1 Å². The minimum absolute atomic E-state index is 0.127. The van der Waals surface area contributed by atoms with Gasteiger partial charge in [0.2, 0.25) is 5.89 Å². The lowest BCUT2D eigenvalue weighted by molar-refractivity contribution is -0.385. The molecule has 3 aromatic carbocycles. The van der Waals surface area contributed by atoms with Crippen LogP contribution in [-0.2, 0) is 0 Å². The molecule has 7 nitrogen and oxygen atoms in total. The van der Waals surface area contributed by atoms with E-state index >= 15 is 0 Å². The van der Waals surface area contributed by atoms with Crippen LogP contribution in [0.1, 0.15) is 5.56 Å². The molecule has 0 saturated carbocycles. The number of halogens is 2. The van der Waals surface area contributed by atoms with Gasteiger partial charge >= 0.3 is 0 Å². The molecule has 0 aliphatic carbocycles. The zero-order valence-corrected chi connectivity index (χ0v) is 17.7. The smallest absolute Gasteiger partial charge is 0.271 e. The molecule has 1 N–H and O–H groups in total. The molecular formula is C20H11Br2N3O4. The van der Waals surface area contributed by atoms with E-state index < -0.39 is 4.92 Å². The van der Waals surface area contributed by atoms with Crippen LogP contribution in [0.2, 0.25) is 0 Å². The summed E-state index contributed by atoms with van der Waals surface area (Å²) in [6.45, 7) is 0. The number of benzene rings is 3. The van der Waals surface area contributed by atoms with Gasteiger partial charge < -0.3 is 9.52 Å². The molecule has 0 amide bonds. The monoisotopic (exact) mass is 515 g/mol. The first-order valence-electron chi connectivity index (χ1n) is 8.29. The fourth-order valence-corrected chi connectivity index (χ4v) is 3.62. The number of rotatable bonds is 4. The minimum Gasteiger partial charge on any atom is -0.506 e. The van der Waals surface area contributed by atoms with Crippen molar-refractivity contribution in [3.05, 3.63) is 79.2 Å². The molecule has 29 heavy (non-hydrogen) atoms. The number of phenolic OH excluding ortho intramolecular Hbond substituents is 1. The van der Waals surface area contributed by atoms with E-state index in [4.69, 9.17) is 4.42 Å². The molecule has 4 rings (SSSR count). The number of hydrogen-bond acceptors (Lipinski definition) is 6. The lowest BCUT2D eigenvalue weighted by Crippen LogP contribution is -1.91. The Morgan fingerprint density at radius 2 is 1.90 bits per heavy atom. The molecule has 0 spiro atoms. The Kier molecular flexibility index (Phi) is 5.16. The number of aromatic nitrogens is 1. The molecule has 0 atom stereocenters. The van der Waals surface area contributed by atoms with Crippen molar-refractivity contribution in [1.82, 2.24) is 4.98 Å². The summed E-state index contributed by atoms with van der Waals surface area (Å²) in [5.74, 6) is 0.354. The number of aliphatic imine (C=N–C) groups is 1. The SMILES string of the molecule is O=[N+]([O-])c1cc(Br)c(O)c(C=Nc2ccc3oc(-c4ccccc4Br)nc3c2)c1. The Labute approximate surface area is 181 Å². The highest BCUT2D eigenvalue weighted by molar-refractivity contribution is 9.11. The summed E-state index contributed by atoms with van der Waals surface area (Å²) in [5.41, 5.74) is 2.69. The summed E-state index contributed by atoms with van der Waals surface area (Å²) in [6, 6.07) is 15.3. The van der Waals surface area contributed by atoms with Crippen LogP contribution in [0.15, 0.2) is 73.0 Å². The van der Waals surface area contributed by atoms with Gasteiger partial charge in [-0.2, -0.15) is 0 Å². The van der Waals surface area contributed by atoms with Gasteiger partial charge in [0.25, 0.3) is 5.69 Å². The molecule has 0 aliphatic heterocycles. The zero-order valence-electron chi connectivity index (χ0n) is 14.5. The van der Waals surface area contributed by atoms with Gasteiger partial charge in [0.15, 0.2) is 5.58 Å². The summed E-state index contributed by atoms with van der Waals surface area (Å²) >= 11 is 6.60. The Morgan fingerprint density at radius 3 is 2.66 bits per heavy atom. The zero-order chi connectivity index (χ0) is 20.5. The first-order chi connectivity index (χ1) is 13.9. The molecule has 0 saturated heterocycles. The maximum atomic E-state index is 11.0. The highest BCUT2D eigenvalue weighted by atomic mass is 79.9. The Morgan fingerprint density at radius 1 is 1.10 bits per heavy atom. The molecule has 9 heteroatoms. The fourth-order valence-electron chi connectivity index (χ4n) is 2.70. The average molecular weight is 517 g/mol. The van der Waals surface area contributed by atoms with Gasteiger partial charge in [-0.25, -0.2) is 4.98 Å². The predicted molar refractivity (Wildman–Crippen MR) is 117 cm³/mol. The highest BCUT2D eigenvalue weighted by Crippen LogP contribution is 2.33. The number of aromatic hydroxyl groups is 1. The van der Waals surface area contributed by atoms with E-state index in [1.54, 1.807) is 18.2 Å². The third-order valence-corrected chi connectivity index (χ3v) is 5.41. The molecule has 0 fully saturated rings. The van der Waals surface area contributed by atoms with E-state index in [9.17, 15) is 15.2 Å². The normalized spacial score (nSPS) is 11.4. The van der Waals surface area contributed by atoms with Crippen molar-refractivity contribution in [3.63, 3.8) is 0 Å². The number of phenols is 1. The van der Waals surface area contributed by atoms with Crippen LogP contribution in [0.25, 0.3) is 22.6 Å². The fraction of sp³-hybridized carbons (Fsp3) is 0. The van der Waals surface area contributed by atoms with E-state index in [0.717, 1.165) is 10.0 Å². The van der Waals surface area contributed by atoms with Crippen molar-refractivity contribution in [2.45, 2.75) is 0 Å². The summed E-state index contributed by atoms with van der Waals surface area (Å²) < 4.78 is 6.91. The Bertz CT molecular complexity index is 1280. The van der Waals surface area contributed by atoms with Crippen LogP contribution in [0.5, 0.6) is 5.75 Å². The van der Waals surface area contributed by atoms with E-state index in [-0.39, 0.29) is 21.5 Å². The van der Waals surface area contributed by atoms with Crippen LogP contribution in [-0.4, -0.2) is 21.2 Å². The second-order valence-electron chi connectivity index (χ2n) is 6.03. The van der Waals surface area contributed by atoms with Crippen molar-refractivity contribution < 1.29 is 14.4 Å². The van der Waals surface area contributed by atoms with Crippen LogP contribution in [0.3, 0.4) is 0 Å². The lowest BCUT2D eigenvalue weighted by atomic mass is 10.2. The maximum absolute atomic E-state index is 11.0. The van der Waals surface area contributed by atoms with Gasteiger partial charge in [-0.15, -0.1) is 0 Å². The first kappa shape index (κ1) is 19.3. The topological polar surface area (TPSA) is 102 Å². The standard InChI is InChI=1S/C20H11Br2N3O4/c21-15-4-2-1-3-14(15)20-24-17-8-12(5-6-18(17)29-20)23-10-11-7-13(25(27)28)9-16(22)19(11)26/h1-10,26H. The Hall–Kier alpha value is -3.04. The summed E-state index contributed by atoms with van der Waals surface area (Å²) in [4.78, 5) is 19.3. The average Bonchev–Trinajstić information content (AvgIpc) is 3.12. The van der Waals surface area contributed by atoms with Crippen molar-refractivity contribution in [2.24, 2.45) is 4.99 Å². The number of hydrogen-bond donors (Lipinski definition) is 1. The number of nitrogens with zero attached hydrogens (tertiary/aromatic N) is 3. The number of nitro benzene ring substituents is 1. The van der Waals surface area contributed by atoms with Crippen LogP contribution in [0.4, 0.5) is 11.4 Å². The van der Waals surface area contributed by atoms with Crippen LogP contribution < -0.4 is 0 Å². The van der Waals surface area contributed by atoms with Gasteiger partial charge in [-0.05, 0) is 62.2 Å². The van der Waals surface area contributed by atoms with Gasteiger partial charge in [0, 0.05) is 28.4 Å². The van der Waals surface area contributed by atoms with Gasteiger partial charge in [0.1, 0.15) is 11.3 Å². The summed E-state index contributed by atoms with van der Waals surface area (Å²) in [5, 5.41) is 21.1. The highest BCUT2D eigenvalue weighted by Gasteiger charge is 2.14. The molecular weight excluding hydrogens is 506 g/mol. The van der Waals surface area contributed by atoms with E-state index in [0.29, 0.717) is 22.7 Å². The summed E-state index contributed by atoms with van der Waals surface area (Å²) in [7, 11) is 0. The third-order valence-electron chi connectivity index (χ3n) is 4.12. The number of oxazole rings is 1. The molecule has 0 aliphatic rings. The molecule has 0 radical (unpaired) electrons. The maximum Gasteiger partial charge on any atom is 0.271 e. The summed E-state index contributed by atoms with van der Waals surface area (Å²) in [6.07, 6.45) is 1.36. The number of non-ortho nitro benzene ring substituents is 1. The van der Waals surface area contributed by atoms with Gasteiger partial charge in [-0.1, -0.05) is 12.1 Å². The largest absolute Gasteiger partial charge is 0.506 e. The van der Waals surface area contributed by atoms with Crippen LogP contribution in [0, 0.1) is 10.1 Å². The van der Waals surface area contributed by atoms with Crippen molar-refractivity contribution in [3.8, 4) is 17.2 Å².